The van der Waals surface area contributed by atoms with Gasteiger partial charge in [0.1, 0.15) is 18.5 Å². The van der Waals surface area contributed by atoms with Crippen LogP contribution in [0.1, 0.15) is 47.1 Å². The summed E-state index contributed by atoms with van der Waals surface area (Å²) in [7, 11) is 0. The third-order valence-corrected chi connectivity index (χ3v) is 5.73. The minimum Gasteiger partial charge on any atom is -0.463 e. The van der Waals surface area contributed by atoms with Gasteiger partial charge in [-0.15, -0.1) is 0 Å². The second kappa shape index (κ2) is 14.4. The molecule has 1 aromatic rings. The van der Waals surface area contributed by atoms with Gasteiger partial charge in [0, 0.05) is 51.9 Å². The quantitative estimate of drug-likeness (QED) is 0.159. The lowest BCUT2D eigenvalue weighted by molar-refractivity contribution is -0.385. The number of carbonyl (C=O) groups excluding carboxylic acids is 4. The number of hydrogen-bond donors (Lipinski definition) is 0. The van der Waals surface area contributed by atoms with Crippen LogP contribution in [0.3, 0.4) is 0 Å². The van der Waals surface area contributed by atoms with Crippen LogP contribution >= 0.6 is 0 Å². The van der Waals surface area contributed by atoms with Crippen LogP contribution in [0.25, 0.3) is 0 Å². The molecule has 0 spiro atoms. The second-order valence-electron chi connectivity index (χ2n) is 8.70. The number of non-ortho nitro benzene ring substituents is 1. The zero-order chi connectivity index (χ0) is 29.3. The van der Waals surface area contributed by atoms with Crippen molar-refractivity contribution in [2.75, 3.05) is 19.7 Å². The van der Waals surface area contributed by atoms with Gasteiger partial charge in [0.2, 0.25) is 12.4 Å². The van der Waals surface area contributed by atoms with Crippen molar-refractivity contribution in [1.82, 2.24) is 4.90 Å². The van der Waals surface area contributed by atoms with Gasteiger partial charge in [-0.25, -0.2) is 0 Å². The number of hydrogen-bond acceptors (Lipinski definition) is 13. The number of rotatable bonds is 12. The molecule has 1 heterocycles. The number of benzene rings is 1. The fourth-order valence-corrected chi connectivity index (χ4v) is 4.01. The van der Waals surface area contributed by atoms with E-state index in [1.54, 1.807) is 0 Å². The Morgan fingerprint density at radius 3 is 1.97 bits per heavy atom. The van der Waals surface area contributed by atoms with Crippen molar-refractivity contribution >= 4 is 29.6 Å². The van der Waals surface area contributed by atoms with Crippen LogP contribution in [0.5, 0.6) is 5.75 Å². The molecule has 0 aromatic heterocycles. The minimum absolute atomic E-state index is 0.161. The van der Waals surface area contributed by atoms with Crippen LogP contribution in [0.2, 0.25) is 0 Å². The Morgan fingerprint density at radius 2 is 1.46 bits per heavy atom. The maximum absolute atomic E-state index is 12.0. The number of nitrogens with zero attached hydrogens (tertiary/aromatic N) is 2. The molecule has 0 radical (unpaired) electrons. The largest absolute Gasteiger partial charge is 0.463 e. The van der Waals surface area contributed by atoms with Gasteiger partial charge in [0.05, 0.1) is 4.92 Å². The maximum atomic E-state index is 12.0. The smallest absolute Gasteiger partial charge is 0.303 e. The third kappa shape index (κ3) is 9.18. The van der Waals surface area contributed by atoms with Crippen molar-refractivity contribution in [3.05, 3.63) is 33.9 Å². The van der Waals surface area contributed by atoms with Gasteiger partial charge in [0.15, 0.2) is 12.2 Å². The third-order valence-electron chi connectivity index (χ3n) is 5.73. The normalized spacial score (nSPS) is 22.5. The Kier molecular flexibility index (Phi) is 11.6. The zero-order valence-electron chi connectivity index (χ0n) is 22.7. The van der Waals surface area contributed by atoms with Crippen molar-refractivity contribution in [1.29, 1.82) is 0 Å². The molecule has 14 heteroatoms. The summed E-state index contributed by atoms with van der Waals surface area (Å²) in [5, 5.41) is 11.4. The van der Waals surface area contributed by atoms with E-state index >= 15 is 0 Å². The van der Waals surface area contributed by atoms with E-state index in [9.17, 15) is 29.3 Å². The highest BCUT2D eigenvalue weighted by Gasteiger charge is 2.53. The molecule has 39 heavy (non-hydrogen) atoms. The van der Waals surface area contributed by atoms with Gasteiger partial charge in [-0.05, 0) is 19.2 Å². The summed E-state index contributed by atoms with van der Waals surface area (Å²) >= 11 is 0. The fourth-order valence-electron chi connectivity index (χ4n) is 4.01. The van der Waals surface area contributed by atoms with Gasteiger partial charge in [-0.2, -0.15) is 0 Å². The first-order chi connectivity index (χ1) is 18.4. The summed E-state index contributed by atoms with van der Waals surface area (Å²) < 4.78 is 33.3. The van der Waals surface area contributed by atoms with Gasteiger partial charge in [-0.3, -0.25) is 34.2 Å². The zero-order valence-corrected chi connectivity index (χ0v) is 22.7. The molecule has 1 aliphatic heterocycles. The van der Waals surface area contributed by atoms with E-state index in [4.69, 9.17) is 28.4 Å². The first-order valence-electron chi connectivity index (χ1n) is 12.3. The molecule has 0 bridgehead atoms. The molecule has 0 saturated carbocycles. The van der Waals surface area contributed by atoms with Crippen LogP contribution in [0.4, 0.5) is 5.69 Å². The standard InChI is InChI=1S/C25H34N2O12/c1-7-26(8-2)12-18-11-19(27(32)33)9-10-20(18)38-25-24(37-17(6)31)23(36-16(5)30)22(35-15(4)29)21(39-25)13-34-14(3)28/h9-11,21-25H,7-8,12-13H2,1-6H3/t21-,22+,23+,24-,25+/m1/s1. The molecule has 1 fully saturated rings. The van der Waals surface area contributed by atoms with E-state index < -0.39 is 66.1 Å². The molecule has 1 aliphatic rings. The fraction of sp³-hybridized carbons (Fsp3) is 0.600. The van der Waals surface area contributed by atoms with Crippen LogP contribution in [-0.2, 0) is 49.4 Å². The molecular weight excluding hydrogens is 520 g/mol. The molecule has 0 N–H and O–H groups in total. The summed E-state index contributed by atoms with van der Waals surface area (Å²) in [5.41, 5.74) is 0.284. The predicted molar refractivity (Wildman–Crippen MR) is 132 cm³/mol. The molecular formula is C25H34N2O12. The Labute approximate surface area is 225 Å². The lowest BCUT2D eigenvalue weighted by Crippen LogP contribution is -2.63. The molecule has 2 rings (SSSR count). The molecule has 1 aromatic carbocycles. The van der Waals surface area contributed by atoms with Crippen molar-refractivity contribution in [2.45, 2.75) is 78.8 Å². The minimum atomic E-state index is -1.46. The maximum Gasteiger partial charge on any atom is 0.303 e. The van der Waals surface area contributed by atoms with Gasteiger partial charge >= 0.3 is 23.9 Å². The van der Waals surface area contributed by atoms with Gasteiger partial charge in [-0.1, -0.05) is 13.8 Å². The molecule has 0 unspecified atom stereocenters. The average Bonchev–Trinajstić information content (AvgIpc) is 2.84. The van der Waals surface area contributed by atoms with E-state index in [0.717, 1.165) is 20.8 Å². The van der Waals surface area contributed by atoms with Gasteiger partial charge in [0.25, 0.3) is 5.69 Å². The highest BCUT2D eigenvalue weighted by atomic mass is 16.7. The number of nitro groups is 1. The van der Waals surface area contributed by atoms with E-state index in [1.165, 1.54) is 25.1 Å². The summed E-state index contributed by atoms with van der Waals surface area (Å²) in [4.78, 5) is 60.4. The van der Waals surface area contributed by atoms with E-state index in [0.29, 0.717) is 18.7 Å². The number of carbonyl (C=O) groups is 4. The lowest BCUT2D eigenvalue weighted by Gasteiger charge is -2.44. The van der Waals surface area contributed by atoms with Crippen LogP contribution in [-0.4, -0.2) is 84.1 Å². The van der Waals surface area contributed by atoms with Crippen molar-refractivity contribution in [3.8, 4) is 5.75 Å². The number of esters is 4. The van der Waals surface area contributed by atoms with E-state index in [1.807, 2.05) is 18.7 Å². The van der Waals surface area contributed by atoms with Crippen LogP contribution in [0, 0.1) is 10.1 Å². The Bertz CT molecular complexity index is 1060. The van der Waals surface area contributed by atoms with Crippen molar-refractivity contribution in [3.63, 3.8) is 0 Å². The Morgan fingerprint density at radius 1 is 0.897 bits per heavy atom. The average molecular weight is 555 g/mol. The Balaban J connectivity index is 2.58. The molecule has 5 atom stereocenters. The SMILES string of the molecule is CCN(CC)Cc1cc([N+](=O)[O-])ccc1O[C@H]1O[C@H](COC(C)=O)[C@H](OC(C)=O)[C@H](OC(C)=O)[C@H]1OC(C)=O. The summed E-state index contributed by atoms with van der Waals surface area (Å²) in [6.07, 6.45) is -6.81. The van der Waals surface area contributed by atoms with Crippen molar-refractivity contribution in [2.24, 2.45) is 0 Å². The molecule has 14 nitrogen and oxygen atoms in total. The highest BCUT2D eigenvalue weighted by Crippen LogP contribution is 2.33. The number of nitro benzene ring substituents is 1. The second-order valence-corrected chi connectivity index (χ2v) is 8.70. The lowest BCUT2D eigenvalue weighted by atomic mass is 9.98. The summed E-state index contributed by atoms with van der Waals surface area (Å²) in [6.45, 7) is 9.55. The first-order valence-corrected chi connectivity index (χ1v) is 12.3. The summed E-state index contributed by atoms with van der Waals surface area (Å²) in [5.74, 6) is -2.79. The molecule has 216 valence electrons. The molecule has 0 amide bonds. The highest BCUT2D eigenvalue weighted by molar-refractivity contribution is 5.68. The van der Waals surface area contributed by atoms with Crippen molar-refractivity contribution < 1.29 is 52.5 Å². The Hall–Kier alpha value is -3.78. The van der Waals surface area contributed by atoms with E-state index in [-0.39, 0.29) is 18.0 Å². The van der Waals surface area contributed by atoms with Crippen LogP contribution in [0.15, 0.2) is 18.2 Å². The monoisotopic (exact) mass is 554 g/mol. The molecule has 0 aliphatic carbocycles. The predicted octanol–water partition coefficient (Wildman–Crippen LogP) is 1.90. The number of ether oxygens (including phenoxy) is 6. The van der Waals surface area contributed by atoms with Crippen LogP contribution < -0.4 is 4.74 Å². The summed E-state index contributed by atoms with van der Waals surface area (Å²) in [6, 6.07) is 3.98. The van der Waals surface area contributed by atoms with Gasteiger partial charge < -0.3 is 28.4 Å². The van der Waals surface area contributed by atoms with E-state index in [2.05, 4.69) is 0 Å². The topological polar surface area (TPSA) is 170 Å². The first kappa shape index (κ1) is 31.4. The molecule has 1 saturated heterocycles.